The van der Waals surface area contributed by atoms with E-state index in [0.717, 1.165) is 16.8 Å². The molecule has 1 amide bonds. The van der Waals surface area contributed by atoms with Crippen molar-refractivity contribution in [3.8, 4) is 5.75 Å². The number of amides is 1. The Bertz CT molecular complexity index is 1040. The summed E-state index contributed by atoms with van der Waals surface area (Å²) in [6.07, 6.45) is 2.19. The first-order valence-corrected chi connectivity index (χ1v) is 9.78. The van der Waals surface area contributed by atoms with E-state index in [2.05, 4.69) is 5.10 Å². The van der Waals surface area contributed by atoms with E-state index in [-0.39, 0.29) is 18.6 Å². The molecule has 1 atom stereocenters. The van der Waals surface area contributed by atoms with Crippen LogP contribution in [0.15, 0.2) is 70.4 Å². The number of hydrazone groups is 1. The molecule has 0 spiro atoms. The molecule has 0 unspecified atom stereocenters. The van der Waals surface area contributed by atoms with Crippen LogP contribution in [-0.2, 0) is 4.79 Å². The number of hydrogen-bond donors (Lipinski definition) is 0. The number of halogens is 1. The first-order valence-electron chi connectivity index (χ1n) is 9.40. The molecule has 0 aliphatic carbocycles. The molecule has 0 radical (unpaired) electrons. The van der Waals surface area contributed by atoms with Gasteiger partial charge in [-0.2, -0.15) is 5.10 Å². The predicted octanol–water partition coefficient (Wildman–Crippen LogP) is 5.31. The molecule has 0 fully saturated rings. The molecule has 2 aromatic carbocycles. The third-order valence-corrected chi connectivity index (χ3v) is 5.34. The average molecular weight is 409 g/mol. The lowest BCUT2D eigenvalue weighted by molar-refractivity contribution is -0.135. The van der Waals surface area contributed by atoms with Crippen molar-refractivity contribution in [2.24, 2.45) is 5.10 Å². The molecule has 1 aliphatic rings. The van der Waals surface area contributed by atoms with Crippen molar-refractivity contribution in [3.63, 3.8) is 0 Å². The smallest absolute Gasteiger partial charge is 0.281 e. The second-order valence-electron chi connectivity index (χ2n) is 7.09. The second-order valence-corrected chi connectivity index (χ2v) is 7.49. The molecule has 4 rings (SSSR count). The third-order valence-electron chi connectivity index (χ3n) is 4.91. The largest absolute Gasteiger partial charge is 0.484 e. The summed E-state index contributed by atoms with van der Waals surface area (Å²) in [6, 6.07) is 16.8. The van der Waals surface area contributed by atoms with Crippen molar-refractivity contribution in [1.29, 1.82) is 0 Å². The average Bonchev–Trinajstić information content (AvgIpc) is 3.39. The van der Waals surface area contributed by atoms with Gasteiger partial charge in [0.15, 0.2) is 6.61 Å². The summed E-state index contributed by atoms with van der Waals surface area (Å²) < 4.78 is 11.3. The molecule has 1 aromatic heterocycles. The van der Waals surface area contributed by atoms with Crippen molar-refractivity contribution in [1.82, 2.24) is 5.01 Å². The Morgan fingerprint density at radius 1 is 1.21 bits per heavy atom. The summed E-state index contributed by atoms with van der Waals surface area (Å²) >= 11 is 6.05. The van der Waals surface area contributed by atoms with Gasteiger partial charge in [-0.1, -0.05) is 41.4 Å². The number of benzene rings is 2. The summed E-state index contributed by atoms with van der Waals surface area (Å²) in [5.74, 6) is 1.06. The van der Waals surface area contributed by atoms with Crippen LogP contribution in [0.2, 0.25) is 5.02 Å². The highest BCUT2D eigenvalue weighted by molar-refractivity contribution is 6.31. The van der Waals surface area contributed by atoms with E-state index in [1.54, 1.807) is 18.4 Å². The third kappa shape index (κ3) is 4.20. The van der Waals surface area contributed by atoms with Gasteiger partial charge in [-0.25, -0.2) is 5.01 Å². The number of aryl methyl sites for hydroxylation is 2. The van der Waals surface area contributed by atoms with Crippen LogP contribution in [0.4, 0.5) is 0 Å². The topological polar surface area (TPSA) is 55.0 Å². The van der Waals surface area contributed by atoms with Gasteiger partial charge in [-0.15, -0.1) is 0 Å². The highest BCUT2D eigenvalue weighted by atomic mass is 35.5. The van der Waals surface area contributed by atoms with E-state index in [1.807, 2.05) is 56.3 Å². The van der Waals surface area contributed by atoms with E-state index < -0.39 is 0 Å². The minimum Gasteiger partial charge on any atom is -0.484 e. The number of hydrogen-bond acceptors (Lipinski definition) is 4. The maximum atomic E-state index is 12.9. The molecule has 1 aliphatic heterocycles. The number of carbonyl (C=O) groups is 1. The SMILES string of the molecule is Cc1ccc(C2=NN(C(=O)COc3ccc(Cl)c(C)c3)[C@H](c3ccco3)C2)cc1. The summed E-state index contributed by atoms with van der Waals surface area (Å²) in [4.78, 5) is 12.9. The number of nitrogens with zero attached hydrogens (tertiary/aromatic N) is 2. The fraction of sp³-hybridized carbons (Fsp3) is 0.217. The van der Waals surface area contributed by atoms with Gasteiger partial charge in [0, 0.05) is 11.4 Å². The van der Waals surface area contributed by atoms with Crippen LogP contribution in [-0.4, -0.2) is 23.2 Å². The molecule has 148 valence electrons. The monoisotopic (exact) mass is 408 g/mol. The molecule has 6 heteroatoms. The summed E-state index contributed by atoms with van der Waals surface area (Å²) in [5.41, 5.74) is 3.92. The van der Waals surface area contributed by atoms with Crippen molar-refractivity contribution < 1.29 is 13.9 Å². The minimum atomic E-state index is -0.288. The van der Waals surface area contributed by atoms with Gasteiger partial charge in [0.2, 0.25) is 0 Å². The zero-order chi connectivity index (χ0) is 20.4. The molecule has 2 heterocycles. The van der Waals surface area contributed by atoms with Crippen molar-refractivity contribution >= 4 is 23.2 Å². The van der Waals surface area contributed by atoms with Crippen LogP contribution >= 0.6 is 11.6 Å². The molecule has 0 saturated carbocycles. The Hall–Kier alpha value is -3.05. The minimum absolute atomic E-state index is 0.122. The van der Waals surface area contributed by atoms with Gasteiger partial charge in [-0.3, -0.25) is 4.79 Å². The van der Waals surface area contributed by atoms with Crippen LogP contribution in [0.1, 0.15) is 34.9 Å². The van der Waals surface area contributed by atoms with E-state index in [9.17, 15) is 4.79 Å². The van der Waals surface area contributed by atoms with Crippen LogP contribution in [0.25, 0.3) is 0 Å². The summed E-state index contributed by atoms with van der Waals surface area (Å²) in [7, 11) is 0. The van der Waals surface area contributed by atoms with Gasteiger partial charge >= 0.3 is 0 Å². The van der Waals surface area contributed by atoms with Gasteiger partial charge in [0.1, 0.15) is 17.6 Å². The van der Waals surface area contributed by atoms with E-state index >= 15 is 0 Å². The Kier molecular flexibility index (Phi) is 5.41. The van der Waals surface area contributed by atoms with Gasteiger partial charge in [0.25, 0.3) is 5.91 Å². The second kappa shape index (κ2) is 8.13. The maximum Gasteiger partial charge on any atom is 0.281 e. The summed E-state index contributed by atoms with van der Waals surface area (Å²) in [6.45, 7) is 3.81. The zero-order valence-corrected chi connectivity index (χ0v) is 17.0. The highest BCUT2D eigenvalue weighted by Gasteiger charge is 2.35. The van der Waals surface area contributed by atoms with E-state index in [0.29, 0.717) is 23.0 Å². The molecule has 29 heavy (non-hydrogen) atoms. The summed E-state index contributed by atoms with van der Waals surface area (Å²) in [5, 5.41) is 6.74. The molecule has 3 aromatic rings. The predicted molar refractivity (Wildman–Crippen MR) is 112 cm³/mol. The Balaban J connectivity index is 1.54. The normalized spacial score (nSPS) is 16.0. The van der Waals surface area contributed by atoms with Crippen molar-refractivity contribution in [3.05, 3.63) is 88.3 Å². The van der Waals surface area contributed by atoms with E-state index in [4.69, 9.17) is 20.8 Å². The van der Waals surface area contributed by atoms with Crippen LogP contribution in [0, 0.1) is 13.8 Å². The Morgan fingerprint density at radius 2 is 2.00 bits per heavy atom. The lowest BCUT2D eigenvalue weighted by Crippen LogP contribution is -2.31. The molecular weight excluding hydrogens is 388 g/mol. The van der Waals surface area contributed by atoms with Crippen molar-refractivity contribution in [2.75, 3.05) is 6.61 Å². The maximum absolute atomic E-state index is 12.9. The van der Waals surface area contributed by atoms with Crippen LogP contribution in [0.5, 0.6) is 5.75 Å². The quantitative estimate of drug-likeness (QED) is 0.575. The Morgan fingerprint density at radius 3 is 2.69 bits per heavy atom. The first kappa shape index (κ1) is 19.3. The van der Waals surface area contributed by atoms with Gasteiger partial charge < -0.3 is 9.15 Å². The number of carbonyl (C=O) groups excluding carboxylic acids is 1. The number of ether oxygens (including phenoxy) is 1. The standard InChI is InChI=1S/C23H21ClN2O3/c1-15-5-7-17(8-6-15)20-13-21(22-4-3-11-28-22)26(25-20)23(27)14-29-18-9-10-19(24)16(2)12-18/h3-12,21H,13-14H2,1-2H3/t21-/m0/s1. The first-order chi connectivity index (χ1) is 14.0. The Labute approximate surface area is 174 Å². The molecular formula is C23H21ClN2O3. The van der Waals surface area contributed by atoms with Gasteiger partial charge in [-0.05, 0) is 55.3 Å². The molecule has 0 bridgehead atoms. The zero-order valence-electron chi connectivity index (χ0n) is 16.3. The lowest BCUT2D eigenvalue weighted by Gasteiger charge is -2.20. The van der Waals surface area contributed by atoms with Gasteiger partial charge in [0.05, 0.1) is 12.0 Å². The van der Waals surface area contributed by atoms with E-state index in [1.165, 1.54) is 10.6 Å². The molecule has 0 saturated heterocycles. The van der Waals surface area contributed by atoms with Crippen LogP contribution < -0.4 is 4.74 Å². The fourth-order valence-electron chi connectivity index (χ4n) is 3.28. The number of rotatable bonds is 5. The fourth-order valence-corrected chi connectivity index (χ4v) is 3.40. The highest BCUT2D eigenvalue weighted by Crippen LogP contribution is 2.33. The van der Waals surface area contributed by atoms with Crippen molar-refractivity contribution in [2.45, 2.75) is 26.3 Å². The lowest BCUT2D eigenvalue weighted by atomic mass is 10.0. The van der Waals surface area contributed by atoms with Crippen LogP contribution in [0.3, 0.4) is 0 Å². The number of furan rings is 1. The molecule has 0 N–H and O–H groups in total. The molecule has 5 nitrogen and oxygen atoms in total.